The zero-order valence-corrected chi connectivity index (χ0v) is 20.4. The van der Waals surface area contributed by atoms with E-state index >= 15 is 0 Å². The predicted octanol–water partition coefficient (Wildman–Crippen LogP) is 3.69. The molecule has 0 spiro atoms. The number of nitrogens with zero attached hydrogens (tertiary/aromatic N) is 3. The third-order valence-corrected chi connectivity index (χ3v) is 5.40. The number of guanidine groups is 1. The van der Waals surface area contributed by atoms with Crippen LogP contribution in [0, 0.1) is 0 Å². The summed E-state index contributed by atoms with van der Waals surface area (Å²) < 4.78 is 0. The molecule has 0 unspecified atom stereocenters. The van der Waals surface area contributed by atoms with Gasteiger partial charge in [-0.15, -0.1) is 24.0 Å². The van der Waals surface area contributed by atoms with Gasteiger partial charge in [-0.05, 0) is 63.1 Å². The van der Waals surface area contributed by atoms with Gasteiger partial charge in [-0.3, -0.25) is 9.89 Å². The second kappa shape index (κ2) is 15.0. The van der Waals surface area contributed by atoms with Crippen LogP contribution in [0.1, 0.15) is 50.7 Å². The molecule has 1 aliphatic rings. The topological polar surface area (TPSA) is 42.9 Å². The fourth-order valence-corrected chi connectivity index (χ4v) is 3.59. The summed E-state index contributed by atoms with van der Waals surface area (Å²) in [6.45, 7) is 13.2. The van der Waals surface area contributed by atoms with Gasteiger partial charge < -0.3 is 15.5 Å². The van der Waals surface area contributed by atoms with Gasteiger partial charge in [-0.1, -0.05) is 44.5 Å². The summed E-state index contributed by atoms with van der Waals surface area (Å²) in [4.78, 5) is 9.35. The number of aliphatic imine (C=N–C) groups is 1. The second-order valence-corrected chi connectivity index (χ2v) is 7.39. The highest BCUT2D eigenvalue weighted by Gasteiger charge is 2.10. The predicted molar refractivity (Wildman–Crippen MR) is 132 cm³/mol. The third-order valence-electron chi connectivity index (χ3n) is 5.40. The summed E-state index contributed by atoms with van der Waals surface area (Å²) >= 11 is 0. The van der Waals surface area contributed by atoms with Crippen molar-refractivity contribution in [1.29, 1.82) is 0 Å². The fraction of sp³-hybridized carbons (Fsp3) is 0.682. The zero-order valence-electron chi connectivity index (χ0n) is 18.0. The molecule has 1 fully saturated rings. The highest BCUT2D eigenvalue weighted by molar-refractivity contribution is 14.0. The summed E-state index contributed by atoms with van der Waals surface area (Å²) in [5.74, 6) is 0.881. The van der Waals surface area contributed by atoms with E-state index in [-0.39, 0.29) is 24.0 Å². The van der Waals surface area contributed by atoms with Crippen molar-refractivity contribution in [3.8, 4) is 0 Å². The number of piperidine rings is 1. The Balaban J connectivity index is 0.00000392. The second-order valence-electron chi connectivity index (χ2n) is 7.39. The average Bonchev–Trinajstić information content (AvgIpc) is 2.72. The Labute approximate surface area is 189 Å². The van der Waals surface area contributed by atoms with Crippen molar-refractivity contribution in [2.75, 3.05) is 46.3 Å². The number of nitrogens with one attached hydrogen (secondary N) is 2. The smallest absolute Gasteiger partial charge is 0.191 e. The molecule has 6 heteroatoms. The Morgan fingerprint density at radius 1 is 1.00 bits per heavy atom. The van der Waals surface area contributed by atoms with Crippen LogP contribution < -0.4 is 10.6 Å². The van der Waals surface area contributed by atoms with E-state index in [1.165, 1.54) is 43.5 Å². The standard InChI is InChI=1S/C22H39N5.HI/c1-4-26(5-2)17-9-14-24-22(23-3)25-18-20-10-12-21(13-11-20)19-27-15-7-6-8-16-27;/h10-13H,4-9,14-19H2,1-3H3,(H2,23,24,25);1H. The van der Waals surface area contributed by atoms with Crippen LogP contribution in [0.15, 0.2) is 29.3 Å². The highest BCUT2D eigenvalue weighted by atomic mass is 127. The Hall–Kier alpha value is -0.860. The van der Waals surface area contributed by atoms with Crippen molar-refractivity contribution >= 4 is 29.9 Å². The van der Waals surface area contributed by atoms with Crippen molar-refractivity contribution in [2.45, 2.75) is 52.6 Å². The molecule has 0 atom stereocenters. The van der Waals surface area contributed by atoms with E-state index in [0.29, 0.717) is 0 Å². The molecule has 0 radical (unpaired) electrons. The Morgan fingerprint density at radius 3 is 2.25 bits per heavy atom. The molecule has 5 nitrogen and oxygen atoms in total. The van der Waals surface area contributed by atoms with E-state index in [2.05, 4.69) is 63.5 Å². The minimum Gasteiger partial charge on any atom is -0.356 e. The molecule has 2 rings (SSSR count). The third kappa shape index (κ3) is 9.56. The van der Waals surface area contributed by atoms with Crippen molar-refractivity contribution in [1.82, 2.24) is 20.4 Å². The Morgan fingerprint density at radius 2 is 1.64 bits per heavy atom. The quantitative estimate of drug-likeness (QED) is 0.222. The highest BCUT2D eigenvalue weighted by Crippen LogP contribution is 2.13. The SMILES string of the molecule is CCN(CC)CCCNC(=NC)NCc1ccc(CN2CCCCC2)cc1.I. The van der Waals surface area contributed by atoms with Gasteiger partial charge in [0.1, 0.15) is 0 Å². The van der Waals surface area contributed by atoms with Crippen LogP contribution in [0.5, 0.6) is 0 Å². The molecule has 28 heavy (non-hydrogen) atoms. The lowest BCUT2D eigenvalue weighted by Crippen LogP contribution is -2.38. The maximum absolute atomic E-state index is 4.33. The van der Waals surface area contributed by atoms with Crippen LogP contribution in [-0.2, 0) is 13.1 Å². The summed E-state index contributed by atoms with van der Waals surface area (Å²) in [6.07, 6.45) is 5.23. The normalized spacial score (nSPS) is 15.4. The van der Waals surface area contributed by atoms with E-state index in [9.17, 15) is 0 Å². The molecule has 2 N–H and O–H groups in total. The molecular weight excluding hydrogens is 461 g/mol. The zero-order chi connectivity index (χ0) is 19.3. The van der Waals surface area contributed by atoms with Crippen molar-refractivity contribution in [3.05, 3.63) is 35.4 Å². The summed E-state index contributed by atoms with van der Waals surface area (Å²) in [5.41, 5.74) is 2.71. The van der Waals surface area contributed by atoms with E-state index in [0.717, 1.165) is 51.6 Å². The molecule has 0 aliphatic carbocycles. The molecule has 1 heterocycles. The van der Waals surface area contributed by atoms with Crippen LogP contribution in [0.2, 0.25) is 0 Å². The van der Waals surface area contributed by atoms with Gasteiger partial charge >= 0.3 is 0 Å². The molecule has 0 aromatic heterocycles. The van der Waals surface area contributed by atoms with Crippen LogP contribution in [0.3, 0.4) is 0 Å². The van der Waals surface area contributed by atoms with Crippen molar-refractivity contribution in [2.24, 2.45) is 4.99 Å². The van der Waals surface area contributed by atoms with Crippen molar-refractivity contribution in [3.63, 3.8) is 0 Å². The number of rotatable bonds is 10. The number of hydrogen-bond acceptors (Lipinski definition) is 3. The van der Waals surface area contributed by atoms with Gasteiger partial charge in [0.05, 0.1) is 0 Å². The van der Waals surface area contributed by atoms with E-state index in [1.807, 2.05) is 7.05 Å². The Bertz CT molecular complexity index is 536. The summed E-state index contributed by atoms with van der Waals surface area (Å²) in [6, 6.07) is 9.01. The molecule has 0 saturated carbocycles. The van der Waals surface area contributed by atoms with Gasteiger partial charge in [-0.2, -0.15) is 0 Å². The number of likely N-dealkylation sites (tertiary alicyclic amines) is 1. The first-order valence-corrected chi connectivity index (χ1v) is 10.7. The molecule has 0 amide bonds. The van der Waals surface area contributed by atoms with Crippen LogP contribution in [0.25, 0.3) is 0 Å². The first kappa shape index (κ1) is 25.2. The molecule has 1 aliphatic heterocycles. The van der Waals surface area contributed by atoms with Crippen LogP contribution in [0.4, 0.5) is 0 Å². The lowest BCUT2D eigenvalue weighted by molar-refractivity contribution is 0.221. The minimum atomic E-state index is 0. The molecule has 1 saturated heterocycles. The average molecular weight is 502 g/mol. The number of hydrogen-bond donors (Lipinski definition) is 2. The maximum Gasteiger partial charge on any atom is 0.191 e. The molecule has 1 aromatic carbocycles. The van der Waals surface area contributed by atoms with E-state index in [1.54, 1.807) is 0 Å². The lowest BCUT2D eigenvalue weighted by atomic mass is 10.1. The van der Waals surface area contributed by atoms with E-state index < -0.39 is 0 Å². The first-order chi connectivity index (χ1) is 13.2. The van der Waals surface area contributed by atoms with Gasteiger partial charge in [0.15, 0.2) is 5.96 Å². The minimum absolute atomic E-state index is 0. The van der Waals surface area contributed by atoms with E-state index in [4.69, 9.17) is 0 Å². The largest absolute Gasteiger partial charge is 0.356 e. The van der Waals surface area contributed by atoms with Gasteiger partial charge in [-0.25, -0.2) is 0 Å². The number of benzene rings is 1. The van der Waals surface area contributed by atoms with Crippen LogP contribution >= 0.6 is 24.0 Å². The molecule has 0 bridgehead atoms. The fourth-order valence-electron chi connectivity index (χ4n) is 3.59. The first-order valence-electron chi connectivity index (χ1n) is 10.7. The summed E-state index contributed by atoms with van der Waals surface area (Å²) in [5, 5.41) is 6.83. The monoisotopic (exact) mass is 501 g/mol. The maximum atomic E-state index is 4.33. The van der Waals surface area contributed by atoms with Gasteiger partial charge in [0.25, 0.3) is 0 Å². The molecule has 1 aromatic rings. The van der Waals surface area contributed by atoms with Gasteiger partial charge in [0, 0.05) is 26.7 Å². The van der Waals surface area contributed by atoms with Crippen molar-refractivity contribution < 1.29 is 0 Å². The molecular formula is C22H40IN5. The lowest BCUT2D eigenvalue weighted by Gasteiger charge is -2.26. The molecule has 160 valence electrons. The van der Waals surface area contributed by atoms with Gasteiger partial charge in [0.2, 0.25) is 0 Å². The van der Waals surface area contributed by atoms with Crippen LogP contribution in [-0.4, -0.2) is 62.1 Å². The summed E-state index contributed by atoms with van der Waals surface area (Å²) in [7, 11) is 1.83. The number of halogens is 1. The Kier molecular flexibility index (Phi) is 13.5.